The molecule has 7 aromatic rings. The Morgan fingerprint density at radius 3 is 1.64 bits per heavy atom. The van der Waals surface area contributed by atoms with Crippen molar-refractivity contribution >= 4 is 41.5 Å². The zero-order chi connectivity index (χ0) is 34.3. The lowest BCUT2D eigenvalue weighted by molar-refractivity contribution is 0.592. The molecular weight excluding hydrogens is 646 g/mol. The number of nitrogens with zero attached hydrogens (tertiary/aromatic N) is 3. The number of benzene rings is 6. The van der Waals surface area contributed by atoms with Gasteiger partial charge >= 0.3 is 0 Å². The van der Waals surface area contributed by atoms with Crippen molar-refractivity contribution in [1.29, 1.82) is 0 Å². The molecule has 6 aromatic carbocycles. The van der Waals surface area contributed by atoms with Crippen molar-refractivity contribution in [3.05, 3.63) is 157 Å². The summed E-state index contributed by atoms with van der Waals surface area (Å²) in [6.07, 6.45) is 0. The van der Waals surface area contributed by atoms with Gasteiger partial charge in [0.2, 0.25) is 0 Å². The quantitative estimate of drug-likeness (QED) is 0.140. The predicted molar refractivity (Wildman–Crippen MR) is 210 cm³/mol. The van der Waals surface area contributed by atoms with Gasteiger partial charge in [0.25, 0.3) is 0 Å². The summed E-state index contributed by atoms with van der Waals surface area (Å²) in [6, 6.07) is 50.1. The van der Waals surface area contributed by atoms with Crippen LogP contribution in [0.5, 0.6) is 0 Å². The maximum absolute atomic E-state index is 16.4. The van der Waals surface area contributed by atoms with E-state index in [1.807, 2.05) is 91.0 Å². The summed E-state index contributed by atoms with van der Waals surface area (Å²) < 4.78 is 16.4. The predicted octanol–water partition coefficient (Wildman–Crippen LogP) is 7.95. The summed E-state index contributed by atoms with van der Waals surface area (Å²) in [4.78, 5) is 15.0. The van der Waals surface area contributed by atoms with Crippen LogP contribution in [-0.2, 0) is 9.98 Å². The maximum atomic E-state index is 16.4. The molecule has 0 amide bonds. The van der Waals surface area contributed by atoms with Crippen LogP contribution in [-0.4, -0.2) is 23.0 Å². The van der Waals surface area contributed by atoms with Crippen LogP contribution in [0.4, 0.5) is 0 Å². The molecule has 0 fully saturated rings. The van der Waals surface area contributed by atoms with Crippen LogP contribution in [0.1, 0.15) is 25.0 Å². The van der Waals surface area contributed by atoms with Crippen LogP contribution >= 0.6 is 7.14 Å². The average molecular weight is 682 g/mol. The van der Waals surface area contributed by atoms with E-state index in [0.29, 0.717) is 17.5 Å². The van der Waals surface area contributed by atoms with Gasteiger partial charge in [0, 0.05) is 38.0 Å². The Morgan fingerprint density at radius 1 is 0.500 bits per heavy atom. The second kappa shape index (κ2) is 11.1. The molecule has 0 saturated heterocycles. The highest BCUT2D eigenvalue weighted by Gasteiger charge is 2.48. The van der Waals surface area contributed by atoms with E-state index < -0.39 is 15.2 Å². The number of fused-ring (bicyclic) bond motifs is 5. The minimum absolute atomic E-state index is 0.206. The molecule has 0 spiro atoms. The van der Waals surface area contributed by atoms with E-state index in [1.54, 1.807) is 0 Å². The van der Waals surface area contributed by atoms with Crippen molar-refractivity contribution in [3.8, 4) is 45.3 Å². The number of aromatic nitrogens is 3. The Kier molecular flexibility index (Phi) is 6.87. The Bertz CT molecular complexity index is 2460. The maximum Gasteiger partial charge on any atom is 0.170 e. The Hall–Kier alpha value is -5.22. The molecular formula is C44H36N3OPSi. The fraction of sp³-hybridized carbons (Fsp3) is 0.114. The van der Waals surface area contributed by atoms with Crippen molar-refractivity contribution < 1.29 is 4.57 Å². The fourth-order valence-electron chi connectivity index (χ4n) is 8.09. The molecule has 2 aliphatic rings. The Labute approximate surface area is 294 Å². The van der Waals surface area contributed by atoms with Crippen LogP contribution in [0.25, 0.3) is 45.3 Å². The molecule has 9 rings (SSSR count). The van der Waals surface area contributed by atoms with Gasteiger partial charge in [-0.2, -0.15) is 0 Å². The molecule has 4 nitrogen and oxygen atoms in total. The average Bonchev–Trinajstić information content (AvgIpc) is 3.39. The van der Waals surface area contributed by atoms with Gasteiger partial charge in [0.1, 0.15) is 8.07 Å². The van der Waals surface area contributed by atoms with Crippen LogP contribution < -0.4 is 26.3 Å². The van der Waals surface area contributed by atoms with E-state index in [0.717, 1.165) is 32.6 Å². The van der Waals surface area contributed by atoms with Crippen LogP contribution in [0.15, 0.2) is 146 Å². The minimum Gasteiger partial charge on any atom is -0.309 e. The molecule has 0 radical (unpaired) electrons. The Balaban J connectivity index is 1.30. The first-order valence-electron chi connectivity index (χ1n) is 17.1. The van der Waals surface area contributed by atoms with E-state index in [4.69, 9.17) is 15.0 Å². The molecule has 2 heterocycles. The normalized spacial score (nSPS) is 17.7. The highest BCUT2D eigenvalue weighted by atomic mass is 31.2. The van der Waals surface area contributed by atoms with E-state index >= 15 is 4.57 Å². The summed E-state index contributed by atoms with van der Waals surface area (Å²) in [6.45, 7) is 9.40. The topological polar surface area (TPSA) is 55.7 Å². The third-order valence-electron chi connectivity index (χ3n) is 10.8. The SMILES string of the molecule is CC1(C)c2ccccc2-c2cc3c(cc21)P(=O)(c1ccccc1)c1cc(-c2nc(-c4ccccc4)nc(-c4ccccc4)n2)ccc1[Si]3(C)C. The highest BCUT2D eigenvalue weighted by molar-refractivity contribution is 7.87. The second-order valence-electron chi connectivity index (χ2n) is 14.4. The first-order chi connectivity index (χ1) is 24.2. The van der Waals surface area contributed by atoms with Gasteiger partial charge in [0.15, 0.2) is 24.6 Å². The fourth-order valence-corrected chi connectivity index (χ4v) is 16.3. The molecule has 0 saturated carbocycles. The standard InChI is InChI=1S/C44H36N3OPSi/c1-44(2)35-23-15-14-22-33(35)34-27-40-38(28-36(34)44)49(48,32-20-12-7-13-21-32)37-26-31(24-25-39(37)50(40,3)4)43-46-41(29-16-8-5-9-17-29)45-42(47-43)30-18-10-6-11-19-30/h5-28H,1-4H3. The highest BCUT2D eigenvalue weighted by Crippen LogP contribution is 2.51. The summed E-state index contributed by atoms with van der Waals surface area (Å²) in [5, 5.41) is 5.20. The monoisotopic (exact) mass is 681 g/mol. The molecule has 50 heavy (non-hydrogen) atoms. The van der Waals surface area contributed by atoms with Crippen molar-refractivity contribution in [3.63, 3.8) is 0 Å². The van der Waals surface area contributed by atoms with Gasteiger partial charge < -0.3 is 4.57 Å². The van der Waals surface area contributed by atoms with Crippen LogP contribution in [0.2, 0.25) is 13.1 Å². The molecule has 1 atom stereocenters. The summed E-state index contributed by atoms with van der Waals surface area (Å²) in [5.74, 6) is 1.78. The van der Waals surface area contributed by atoms with Crippen molar-refractivity contribution in [2.24, 2.45) is 0 Å². The smallest absolute Gasteiger partial charge is 0.170 e. The number of hydrogen-bond donors (Lipinski definition) is 0. The van der Waals surface area contributed by atoms with E-state index in [9.17, 15) is 0 Å². The third-order valence-corrected chi connectivity index (χ3v) is 17.9. The first kappa shape index (κ1) is 30.8. The van der Waals surface area contributed by atoms with Crippen LogP contribution in [0, 0.1) is 0 Å². The van der Waals surface area contributed by atoms with Gasteiger partial charge in [-0.25, -0.2) is 15.0 Å². The number of rotatable bonds is 4. The van der Waals surface area contributed by atoms with Crippen LogP contribution in [0.3, 0.4) is 0 Å². The summed E-state index contributed by atoms with van der Waals surface area (Å²) in [7, 11) is -5.67. The van der Waals surface area contributed by atoms with Gasteiger partial charge in [0.05, 0.1) is 0 Å². The van der Waals surface area contributed by atoms with Gasteiger partial charge in [-0.1, -0.05) is 160 Å². The Morgan fingerprint density at radius 2 is 1.02 bits per heavy atom. The molecule has 0 bridgehead atoms. The zero-order valence-electron chi connectivity index (χ0n) is 28.6. The van der Waals surface area contributed by atoms with Gasteiger partial charge in [-0.15, -0.1) is 0 Å². The van der Waals surface area contributed by atoms with Crippen molar-refractivity contribution in [1.82, 2.24) is 15.0 Å². The lowest BCUT2D eigenvalue weighted by Crippen LogP contribution is -2.67. The molecule has 242 valence electrons. The molecule has 0 N–H and O–H groups in total. The van der Waals surface area contributed by atoms with E-state index in [1.165, 1.54) is 32.6 Å². The minimum atomic E-state index is -3.33. The molecule has 6 heteroatoms. The van der Waals surface area contributed by atoms with E-state index in [2.05, 4.69) is 81.5 Å². The molecule has 1 aliphatic heterocycles. The van der Waals surface area contributed by atoms with Crippen molar-refractivity contribution in [2.75, 3.05) is 0 Å². The molecule has 1 unspecified atom stereocenters. The first-order valence-corrected chi connectivity index (χ1v) is 21.9. The lowest BCUT2D eigenvalue weighted by Gasteiger charge is -2.39. The second-order valence-corrected chi connectivity index (χ2v) is 21.5. The molecule has 1 aliphatic carbocycles. The summed E-state index contributed by atoms with van der Waals surface area (Å²) in [5.41, 5.74) is 7.59. The lowest BCUT2D eigenvalue weighted by atomic mass is 9.82. The third kappa shape index (κ3) is 4.50. The zero-order valence-corrected chi connectivity index (χ0v) is 30.4. The van der Waals surface area contributed by atoms with Gasteiger partial charge in [-0.3, -0.25) is 0 Å². The molecule has 1 aromatic heterocycles. The summed E-state index contributed by atoms with van der Waals surface area (Å²) >= 11 is 0. The van der Waals surface area contributed by atoms with E-state index in [-0.39, 0.29) is 5.41 Å². The number of hydrogen-bond acceptors (Lipinski definition) is 4. The largest absolute Gasteiger partial charge is 0.309 e. The van der Waals surface area contributed by atoms with Crippen molar-refractivity contribution in [2.45, 2.75) is 32.4 Å². The van der Waals surface area contributed by atoms with Gasteiger partial charge in [-0.05, 0) is 44.8 Å².